The van der Waals surface area contributed by atoms with Crippen molar-refractivity contribution in [3.63, 3.8) is 0 Å². The Hall–Kier alpha value is -2.37. The number of carbonyl (C=O) groups excluding carboxylic acids is 1. The average molecular weight is 262 g/mol. The van der Waals surface area contributed by atoms with E-state index in [0.717, 1.165) is 0 Å². The molecule has 0 atom stereocenters. The fourth-order valence-corrected chi connectivity index (χ4v) is 1.57. The lowest BCUT2D eigenvalue weighted by molar-refractivity contribution is 0.111. The smallest absolute Gasteiger partial charge is 0.264 e. The Kier molecular flexibility index (Phi) is 4.12. The van der Waals surface area contributed by atoms with Crippen LogP contribution in [-0.4, -0.2) is 23.5 Å². The molecule has 0 amide bonds. The minimum Gasteiger partial charge on any atom is -0.493 e. The van der Waals surface area contributed by atoms with Gasteiger partial charge in [-0.25, -0.2) is 0 Å². The van der Waals surface area contributed by atoms with Crippen LogP contribution in [0.25, 0.3) is 0 Å². The number of para-hydroxylation sites is 1. The Morgan fingerprint density at radius 2 is 2.26 bits per heavy atom. The summed E-state index contributed by atoms with van der Waals surface area (Å²) >= 11 is 0. The number of rotatable bonds is 6. The summed E-state index contributed by atoms with van der Waals surface area (Å²) in [5, 5.41) is 3.77. The summed E-state index contributed by atoms with van der Waals surface area (Å²) in [5.74, 6) is 1.84. The Balaban J connectivity index is 2.16. The summed E-state index contributed by atoms with van der Waals surface area (Å²) in [6, 6.07) is 5.08. The van der Waals surface area contributed by atoms with E-state index in [1.54, 1.807) is 18.2 Å². The SMILES string of the molecule is CCc1noc(COc2c(C=O)cccc2OC)n1. The number of carbonyl (C=O) groups is 1. The molecule has 2 rings (SSSR count). The van der Waals surface area contributed by atoms with Crippen molar-refractivity contribution in [1.82, 2.24) is 10.1 Å². The number of hydrogen-bond acceptors (Lipinski definition) is 6. The van der Waals surface area contributed by atoms with E-state index in [-0.39, 0.29) is 6.61 Å². The van der Waals surface area contributed by atoms with E-state index in [1.165, 1.54) is 7.11 Å². The van der Waals surface area contributed by atoms with Crippen molar-refractivity contribution in [2.45, 2.75) is 20.0 Å². The standard InChI is InChI=1S/C13H14N2O4/c1-3-11-14-12(19-15-11)8-18-13-9(7-16)5-4-6-10(13)17-2/h4-7H,3,8H2,1-2H3. The van der Waals surface area contributed by atoms with E-state index in [9.17, 15) is 4.79 Å². The molecule has 0 fully saturated rings. The molecule has 100 valence electrons. The van der Waals surface area contributed by atoms with Gasteiger partial charge in [0.25, 0.3) is 5.89 Å². The molecule has 0 aliphatic heterocycles. The van der Waals surface area contributed by atoms with E-state index in [1.807, 2.05) is 6.92 Å². The second-order valence-corrected chi connectivity index (χ2v) is 3.74. The predicted molar refractivity (Wildman–Crippen MR) is 66.4 cm³/mol. The molecule has 1 aromatic heterocycles. The zero-order valence-electron chi connectivity index (χ0n) is 10.8. The third-order valence-electron chi connectivity index (χ3n) is 2.52. The molecular formula is C13H14N2O4. The van der Waals surface area contributed by atoms with Crippen LogP contribution in [0.3, 0.4) is 0 Å². The van der Waals surface area contributed by atoms with E-state index in [4.69, 9.17) is 14.0 Å². The van der Waals surface area contributed by atoms with Gasteiger partial charge in [-0.2, -0.15) is 4.98 Å². The first-order chi connectivity index (χ1) is 9.28. The zero-order valence-corrected chi connectivity index (χ0v) is 10.8. The van der Waals surface area contributed by atoms with Gasteiger partial charge in [0.05, 0.1) is 12.7 Å². The number of nitrogens with zero attached hydrogens (tertiary/aromatic N) is 2. The van der Waals surface area contributed by atoms with Gasteiger partial charge >= 0.3 is 0 Å². The third-order valence-corrected chi connectivity index (χ3v) is 2.52. The largest absolute Gasteiger partial charge is 0.493 e. The summed E-state index contributed by atoms with van der Waals surface area (Å²) in [6.45, 7) is 2.02. The van der Waals surface area contributed by atoms with Gasteiger partial charge in [-0.15, -0.1) is 0 Å². The number of aldehydes is 1. The van der Waals surface area contributed by atoms with Crippen LogP contribution in [-0.2, 0) is 13.0 Å². The molecule has 0 aliphatic rings. The highest BCUT2D eigenvalue weighted by Crippen LogP contribution is 2.30. The number of aryl methyl sites for hydroxylation is 1. The molecule has 2 aromatic rings. The normalized spacial score (nSPS) is 10.2. The van der Waals surface area contributed by atoms with Crippen LogP contribution in [0.2, 0.25) is 0 Å². The third kappa shape index (κ3) is 2.90. The van der Waals surface area contributed by atoms with Crippen molar-refractivity contribution in [1.29, 1.82) is 0 Å². The van der Waals surface area contributed by atoms with Crippen molar-refractivity contribution in [3.8, 4) is 11.5 Å². The Morgan fingerprint density at radius 1 is 1.42 bits per heavy atom. The minimum absolute atomic E-state index is 0.0915. The first-order valence-corrected chi connectivity index (χ1v) is 5.85. The van der Waals surface area contributed by atoms with Crippen LogP contribution in [0.4, 0.5) is 0 Å². The molecule has 0 spiro atoms. The van der Waals surface area contributed by atoms with Crippen molar-refractivity contribution >= 4 is 6.29 Å². The van der Waals surface area contributed by atoms with Crippen LogP contribution in [0.5, 0.6) is 11.5 Å². The molecule has 6 heteroatoms. The number of aromatic nitrogens is 2. The Bertz CT molecular complexity index is 566. The van der Waals surface area contributed by atoms with Crippen LogP contribution in [0.15, 0.2) is 22.7 Å². The monoisotopic (exact) mass is 262 g/mol. The fourth-order valence-electron chi connectivity index (χ4n) is 1.57. The first kappa shape index (κ1) is 13.1. The second-order valence-electron chi connectivity index (χ2n) is 3.74. The van der Waals surface area contributed by atoms with E-state index in [2.05, 4.69) is 10.1 Å². The lowest BCUT2D eigenvalue weighted by atomic mass is 10.2. The van der Waals surface area contributed by atoms with Crippen LogP contribution < -0.4 is 9.47 Å². The lowest BCUT2D eigenvalue weighted by Crippen LogP contribution is -2.01. The molecule has 0 saturated heterocycles. The van der Waals surface area contributed by atoms with Gasteiger partial charge in [0.1, 0.15) is 0 Å². The summed E-state index contributed by atoms with van der Waals surface area (Å²) < 4.78 is 15.7. The van der Waals surface area contributed by atoms with Crippen molar-refractivity contribution in [3.05, 3.63) is 35.5 Å². The van der Waals surface area contributed by atoms with Crippen LogP contribution in [0, 0.1) is 0 Å². The molecular weight excluding hydrogens is 248 g/mol. The van der Waals surface area contributed by atoms with Crippen LogP contribution >= 0.6 is 0 Å². The summed E-state index contributed by atoms with van der Waals surface area (Å²) in [6.07, 6.45) is 1.40. The summed E-state index contributed by atoms with van der Waals surface area (Å²) in [7, 11) is 1.51. The first-order valence-electron chi connectivity index (χ1n) is 5.85. The number of hydrogen-bond donors (Lipinski definition) is 0. The Labute approximate surface area is 110 Å². The van der Waals surface area contributed by atoms with Gasteiger partial charge in [-0.05, 0) is 12.1 Å². The van der Waals surface area contributed by atoms with Gasteiger partial charge in [-0.1, -0.05) is 18.1 Å². The highest BCUT2D eigenvalue weighted by molar-refractivity contribution is 5.81. The highest BCUT2D eigenvalue weighted by atomic mass is 16.5. The Morgan fingerprint density at radius 3 is 2.89 bits per heavy atom. The molecule has 19 heavy (non-hydrogen) atoms. The fraction of sp³-hybridized carbons (Fsp3) is 0.308. The van der Waals surface area contributed by atoms with E-state index < -0.39 is 0 Å². The minimum atomic E-state index is 0.0915. The van der Waals surface area contributed by atoms with E-state index >= 15 is 0 Å². The van der Waals surface area contributed by atoms with Gasteiger partial charge in [0.15, 0.2) is 30.2 Å². The average Bonchev–Trinajstić information content (AvgIpc) is 2.92. The number of methoxy groups -OCH3 is 1. The van der Waals surface area contributed by atoms with Gasteiger partial charge in [-0.3, -0.25) is 4.79 Å². The zero-order chi connectivity index (χ0) is 13.7. The quantitative estimate of drug-likeness (QED) is 0.741. The molecule has 0 aliphatic carbocycles. The molecule has 0 saturated carbocycles. The summed E-state index contributed by atoms with van der Waals surface area (Å²) in [4.78, 5) is 15.1. The molecule has 0 bridgehead atoms. The van der Waals surface area contributed by atoms with Crippen molar-refractivity contribution in [2.75, 3.05) is 7.11 Å². The maximum atomic E-state index is 11.0. The topological polar surface area (TPSA) is 74.5 Å². The van der Waals surface area contributed by atoms with Crippen molar-refractivity contribution in [2.24, 2.45) is 0 Å². The maximum absolute atomic E-state index is 11.0. The van der Waals surface area contributed by atoms with Crippen molar-refractivity contribution < 1.29 is 18.8 Å². The molecule has 6 nitrogen and oxygen atoms in total. The second kappa shape index (κ2) is 5.99. The summed E-state index contributed by atoms with van der Waals surface area (Å²) in [5.41, 5.74) is 0.412. The maximum Gasteiger partial charge on any atom is 0.264 e. The highest BCUT2D eigenvalue weighted by Gasteiger charge is 2.12. The number of benzene rings is 1. The molecule has 1 heterocycles. The van der Waals surface area contributed by atoms with Gasteiger partial charge < -0.3 is 14.0 Å². The molecule has 1 aromatic carbocycles. The lowest BCUT2D eigenvalue weighted by Gasteiger charge is -2.10. The molecule has 0 unspecified atom stereocenters. The van der Waals surface area contributed by atoms with Gasteiger partial charge in [0, 0.05) is 6.42 Å². The molecule has 0 N–H and O–H groups in total. The van der Waals surface area contributed by atoms with Crippen LogP contribution in [0.1, 0.15) is 29.0 Å². The molecule has 0 radical (unpaired) electrons. The predicted octanol–water partition coefficient (Wildman–Crippen LogP) is 2.03. The van der Waals surface area contributed by atoms with Gasteiger partial charge in [0.2, 0.25) is 0 Å². The van der Waals surface area contributed by atoms with E-state index in [0.29, 0.717) is 41.5 Å². The number of ether oxygens (including phenoxy) is 2.